The average molecular weight is 272 g/mol. The summed E-state index contributed by atoms with van der Waals surface area (Å²) in [6.07, 6.45) is 1.26. The standard InChI is InChI=1S/C15H16N2O3/c1-9-12(17-8-2-3-13(17)18)7-5-10-4-6-11(15(19)20)16-14(9)10/h4-7,13,18H,2-3,8H2,1H3,(H,19,20). The van der Waals surface area contributed by atoms with E-state index in [1.807, 2.05) is 24.0 Å². The van der Waals surface area contributed by atoms with Gasteiger partial charge in [-0.1, -0.05) is 12.1 Å². The summed E-state index contributed by atoms with van der Waals surface area (Å²) in [5.74, 6) is -1.03. The molecule has 0 spiro atoms. The molecule has 20 heavy (non-hydrogen) atoms. The average Bonchev–Trinajstić information content (AvgIpc) is 2.85. The fraction of sp³-hybridized carbons (Fsp3) is 0.333. The predicted molar refractivity (Wildman–Crippen MR) is 76.0 cm³/mol. The molecule has 2 aromatic rings. The van der Waals surface area contributed by atoms with Crippen LogP contribution in [-0.4, -0.2) is 33.9 Å². The number of carboxylic acids is 1. The van der Waals surface area contributed by atoms with Gasteiger partial charge in [0.25, 0.3) is 0 Å². The van der Waals surface area contributed by atoms with Gasteiger partial charge in [-0.05, 0) is 37.5 Å². The number of pyridine rings is 1. The first kappa shape index (κ1) is 12.9. The Kier molecular flexibility index (Phi) is 3.06. The number of fused-ring (bicyclic) bond motifs is 1. The van der Waals surface area contributed by atoms with Gasteiger partial charge >= 0.3 is 5.97 Å². The largest absolute Gasteiger partial charge is 0.477 e. The zero-order valence-corrected chi connectivity index (χ0v) is 11.2. The number of aliphatic hydroxyl groups is 1. The molecule has 0 amide bonds. The second kappa shape index (κ2) is 4.76. The maximum absolute atomic E-state index is 11.0. The van der Waals surface area contributed by atoms with E-state index in [0.29, 0.717) is 5.52 Å². The van der Waals surface area contributed by atoms with E-state index < -0.39 is 12.2 Å². The summed E-state index contributed by atoms with van der Waals surface area (Å²) >= 11 is 0. The molecule has 1 aromatic carbocycles. The minimum atomic E-state index is -1.03. The van der Waals surface area contributed by atoms with Crippen LogP contribution in [-0.2, 0) is 0 Å². The topological polar surface area (TPSA) is 73.7 Å². The van der Waals surface area contributed by atoms with E-state index in [-0.39, 0.29) is 5.69 Å². The van der Waals surface area contributed by atoms with Crippen LogP contribution in [0, 0.1) is 6.92 Å². The highest BCUT2D eigenvalue weighted by atomic mass is 16.4. The van der Waals surface area contributed by atoms with Crippen molar-refractivity contribution in [3.8, 4) is 0 Å². The van der Waals surface area contributed by atoms with Crippen LogP contribution in [0.5, 0.6) is 0 Å². The SMILES string of the molecule is Cc1c(N2CCCC2O)ccc2ccc(C(=O)O)nc12. The van der Waals surface area contributed by atoms with Gasteiger partial charge in [-0.2, -0.15) is 0 Å². The molecule has 5 heteroatoms. The van der Waals surface area contributed by atoms with E-state index in [1.165, 1.54) is 6.07 Å². The molecule has 2 N–H and O–H groups in total. The van der Waals surface area contributed by atoms with Crippen LogP contribution in [0.4, 0.5) is 5.69 Å². The number of hydrogen-bond donors (Lipinski definition) is 2. The molecule has 1 unspecified atom stereocenters. The third kappa shape index (κ3) is 2.00. The lowest BCUT2D eigenvalue weighted by Gasteiger charge is -2.25. The van der Waals surface area contributed by atoms with Crippen molar-refractivity contribution in [3.63, 3.8) is 0 Å². The Balaban J connectivity index is 2.15. The molecule has 1 fully saturated rings. The minimum Gasteiger partial charge on any atom is -0.477 e. The molecule has 0 bridgehead atoms. The normalized spacial score (nSPS) is 18.7. The Morgan fingerprint density at radius 1 is 1.35 bits per heavy atom. The van der Waals surface area contributed by atoms with Gasteiger partial charge in [-0.25, -0.2) is 9.78 Å². The summed E-state index contributed by atoms with van der Waals surface area (Å²) < 4.78 is 0. The van der Waals surface area contributed by atoms with Gasteiger partial charge in [-0.3, -0.25) is 0 Å². The lowest BCUT2D eigenvalue weighted by atomic mass is 10.1. The molecule has 0 saturated carbocycles. The second-order valence-corrected chi connectivity index (χ2v) is 5.10. The molecule has 5 nitrogen and oxygen atoms in total. The van der Waals surface area contributed by atoms with Crippen molar-refractivity contribution in [2.45, 2.75) is 26.0 Å². The zero-order chi connectivity index (χ0) is 14.3. The fourth-order valence-electron chi connectivity index (χ4n) is 2.78. The van der Waals surface area contributed by atoms with Gasteiger partial charge in [0.15, 0.2) is 0 Å². The number of anilines is 1. The number of rotatable bonds is 2. The summed E-state index contributed by atoms with van der Waals surface area (Å²) in [6.45, 7) is 2.73. The predicted octanol–water partition coefficient (Wildman–Crippen LogP) is 2.16. The highest BCUT2D eigenvalue weighted by molar-refractivity contribution is 5.92. The van der Waals surface area contributed by atoms with E-state index in [4.69, 9.17) is 5.11 Å². The number of carboxylic acid groups (broad SMARTS) is 1. The highest BCUT2D eigenvalue weighted by Crippen LogP contribution is 2.31. The van der Waals surface area contributed by atoms with Crippen molar-refractivity contribution in [2.24, 2.45) is 0 Å². The van der Waals surface area contributed by atoms with E-state index in [9.17, 15) is 9.90 Å². The van der Waals surface area contributed by atoms with E-state index in [1.54, 1.807) is 6.07 Å². The van der Waals surface area contributed by atoms with Crippen LogP contribution < -0.4 is 4.90 Å². The summed E-state index contributed by atoms with van der Waals surface area (Å²) in [5.41, 5.74) is 2.56. The quantitative estimate of drug-likeness (QED) is 0.876. The van der Waals surface area contributed by atoms with Gasteiger partial charge in [0.2, 0.25) is 0 Å². The minimum absolute atomic E-state index is 0.0414. The van der Waals surface area contributed by atoms with Crippen molar-refractivity contribution in [1.82, 2.24) is 4.98 Å². The second-order valence-electron chi connectivity index (χ2n) is 5.10. The van der Waals surface area contributed by atoms with Crippen LogP contribution in [0.3, 0.4) is 0 Å². The summed E-state index contributed by atoms with van der Waals surface area (Å²) in [6, 6.07) is 7.16. The summed E-state index contributed by atoms with van der Waals surface area (Å²) in [4.78, 5) is 17.2. The highest BCUT2D eigenvalue weighted by Gasteiger charge is 2.24. The van der Waals surface area contributed by atoms with Crippen molar-refractivity contribution in [1.29, 1.82) is 0 Å². The fourth-order valence-corrected chi connectivity index (χ4v) is 2.78. The van der Waals surface area contributed by atoms with Gasteiger partial charge in [0.05, 0.1) is 5.52 Å². The maximum Gasteiger partial charge on any atom is 0.354 e. The molecular formula is C15H16N2O3. The maximum atomic E-state index is 11.0. The Labute approximate surface area is 116 Å². The number of aromatic carboxylic acids is 1. The molecule has 1 aliphatic heterocycles. The van der Waals surface area contributed by atoms with Crippen molar-refractivity contribution < 1.29 is 15.0 Å². The lowest BCUT2D eigenvalue weighted by molar-refractivity contribution is 0.0691. The van der Waals surface area contributed by atoms with Crippen LogP contribution in [0.25, 0.3) is 10.9 Å². The third-order valence-corrected chi connectivity index (χ3v) is 3.84. The first-order valence-electron chi connectivity index (χ1n) is 6.66. The van der Waals surface area contributed by atoms with Crippen LogP contribution >= 0.6 is 0 Å². The van der Waals surface area contributed by atoms with Crippen LogP contribution in [0.2, 0.25) is 0 Å². The molecule has 0 radical (unpaired) electrons. The molecule has 3 rings (SSSR count). The molecule has 0 aliphatic carbocycles. The van der Waals surface area contributed by atoms with Gasteiger partial charge in [0.1, 0.15) is 11.9 Å². The van der Waals surface area contributed by atoms with Gasteiger partial charge in [-0.15, -0.1) is 0 Å². The Hall–Kier alpha value is -2.14. The van der Waals surface area contributed by atoms with E-state index in [2.05, 4.69) is 4.98 Å². The summed E-state index contributed by atoms with van der Waals surface area (Å²) in [5, 5.41) is 19.9. The van der Waals surface area contributed by atoms with Crippen molar-refractivity contribution in [3.05, 3.63) is 35.5 Å². The lowest BCUT2D eigenvalue weighted by Crippen LogP contribution is -2.29. The Morgan fingerprint density at radius 3 is 2.75 bits per heavy atom. The molecule has 1 aromatic heterocycles. The number of aliphatic hydroxyl groups excluding tert-OH is 1. The van der Waals surface area contributed by atoms with Crippen LogP contribution in [0.1, 0.15) is 28.9 Å². The number of hydrogen-bond acceptors (Lipinski definition) is 4. The van der Waals surface area contributed by atoms with Gasteiger partial charge in [0, 0.05) is 17.6 Å². The molecular weight excluding hydrogens is 256 g/mol. The van der Waals surface area contributed by atoms with E-state index in [0.717, 1.165) is 36.0 Å². The molecule has 1 atom stereocenters. The monoisotopic (exact) mass is 272 g/mol. The van der Waals surface area contributed by atoms with Crippen LogP contribution in [0.15, 0.2) is 24.3 Å². The number of nitrogens with zero attached hydrogens (tertiary/aromatic N) is 2. The Morgan fingerprint density at radius 2 is 2.10 bits per heavy atom. The van der Waals surface area contributed by atoms with Crippen molar-refractivity contribution >= 4 is 22.6 Å². The third-order valence-electron chi connectivity index (χ3n) is 3.84. The first-order valence-corrected chi connectivity index (χ1v) is 6.66. The number of aromatic nitrogens is 1. The first-order chi connectivity index (χ1) is 9.58. The van der Waals surface area contributed by atoms with Gasteiger partial charge < -0.3 is 15.1 Å². The smallest absolute Gasteiger partial charge is 0.354 e. The molecule has 2 heterocycles. The summed E-state index contributed by atoms with van der Waals surface area (Å²) in [7, 11) is 0. The van der Waals surface area contributed by atoms with E-state index >= 15 is 0 Å². The molecule has 1 aliphatic rings. The number of aryl methyl sites for hydroxylation is 1. The number of benzene rings is 1. The molecule has 1 saturated heterocycles. The zero-order valence-electron chi connectivity index (χ0n) is 11.2. The van der Waals surface area contributed by atoms with Crippen molar-refractivity contribution in [2.75, 3.05) is 11.4 Å². The Bertz CT molecular complexity index is 684. The molecule has 104 valence electrons. The number of carbonyl (C=O) groups is 1.